The predicted octanol–water partition coefficient (Wildman–Crippen LogP) is 1.11. The number of carbonyl (C=O) groups is 1. The Balaban J connectivity index is 2.74. The standard InChI is InChI=1S/C8H9FN2O2/c1-5(8(12)13)11-7-6(9)3-2-4-10-7/h2-5H,1H3,(H,10,11)(H,12,13)/t5-/m0/s1. The summed E-state index contributed by atoms with van der Waals surface area (Å²) in [4.78, 5) is 14.1. The van der Waals surface area contributed by atoms with Crippen LogP contribution in [0.5, 0.6) is 0 Å². The third-order valence-corrected chi connectivity index (χ3v) is 1.48. The summed E-state index contributed by atoms with van der Waals surface area (Å²) in [6, 6.07) is 1.79. The van der Waals surface area contributed by atoms with Gasteiger partial charge in [-0.3, -0.25) is 4.79 Å². The van der Waals surface area contributed by atoms with Gasteiger partial charge in [-0.05, 0) is 19.1 Å². The molecule has 0 bridgehead atoms. The Kier molecular flexibility index (Phi) is 2.79. The van der Waals surface area contributed by atoms with E-state index in [4.69, 9.17) is 5.11 Å². The third-order valence-electron chi connectivity index (χ3n) is 1.48. The lowest BCUT2D eigenvalue weighted by atomic mass is 10.3. The number of rotatable bonds is 3. The molecule has 0 fully saturated rings. The van der Waals surface area contributed by atoms with E-state index in [1.165, 1.54) is 25.3 Å². The van der Waals surface area contributed by atoms with E-state index in [2.05, 4.69) is 10.3 Å². The first-order chi connectivity index (χ1) is 6.11. The van der Waals surface area contributed by atoms with Crippen molar-refractivity contribution in [1.29, 1.82) is 0 Å². The van der Waals surface area contributed by atoms with Crippen molar-refractivity contribution < 1.29 is 14.3 Å². The molecule has 1 heterocycles. The van der Waals surface area contributed by atoms with Gasteiger partial charge >= 0.3 is 5.97 Å². The summed E-state index contributed by atoms with van der Waals surface area (Å²) < 4.78 is 12.9. The highest BCUT2D eigenvalue weighted by molar-refractivity contribution is 5.76. The number of carboxylic acid groups (broad SMARTS) is 1. The monoisotopic (exact) mass is 184 g/mol. The van der Waals surface area contributed by atoms with Crippen LogP contribution in [0.15, 0.2) is 18.3 Å². The zero-order valence-corrected chi connectivity index (χ0v) is 6.99. The van der Waals surface area contributed by atoms with Gasteiger partial charge in [-0.1, -0.05) is 0 Å². The number of aromatic nitrogens is 1. The summed E-state index contributed by atoms with van der Waals surface area (Å²) in [5.41, 5.74) is 0. The maximum absolute atomic E-state index is 12.9. The van der Waals surface area contributed by atoms with Crippen molar-refractivity contribution in [2.45, 2.75) is 13.0 Å². The van der Waals surface area contributed by atoms with Gasteiger partial charge in [-0.2, -0.15) is 0 Å². The highest BCUT2D eigenvalue weighted by atomic mass is 19.1. The maximum Gasteiger partial charge on any atom is 0.325 e. The first-order valence-corrected chi connectivity index (χ1v) is 3.71. The molecule has 1 aromatic rings. The zero-order chi connectivity index (χ0) is 9.84. The lowest BCUT2D eigenvalue weighted by Gasteiger charge is -2.09. The quantitative estimate of drug-likeness (QED) is 0.738. The van der Waals surface area contributed by atoms with Crippen LogP contribution < -0.4 is 5.32 Å². The molecule has 1 rings (SSSR count). The Bertz CT molecular complexity index is 317. The van der Waals surface area contributed by atoms with Crippen molar-refractivity contribution in [3.05, 3.63) is 24.1 Å². The van der Waals surface area contributed by atoms with Gasteiger partial charge < -0.3 is 10.4 Å². The van der Waals surface area contributed by atoms with Gasteiger partial charge in [0, 0.05) is 6.20 Å². The molecule has 13 heavy (non-hydrogen) atoms. The largest absolute Gasteiger partial charge is 0.480 e. The van der Waals surface area contributed by atoms with Gasteiger partial charge in [-0.25, -0.2) is 9.37 Å². The van der Waals surface area contributed by atoms with E-state index in [0.717, 1.165) is 0 Å². The van der Waals surface area contributed by atoms with Crippen molar-refractivity contribution in [2.75, 3.05) is 5.32 Å². The predicted molar refractivity (Wildman–Crippen MR) is 44.9 cm³/mol. The van der Waals surface area contributed by atoms with Crippen LogP contribution in [-0.2, 0) is 4.79 Å². The van der Waals surface area contributed by atoms with Crippen molar-refractivity contribution in [3.63, 3.8) is 0 Å². The Morgan fingerprint density at radius 3 is 3.00 bits per heavy atom. The number of hydrogen-bond donors (Lipinski definition) is 2. The highest BCUT2D eigenvalue weighted by Gasteiger charge is 2.12. The number of halogens is 1. The molecule has 1 atom stereocenters. The van der Waals surface area contributed by atoms with Crippen LogP contribution in [0.2, 0.25) is 0 Å². The molecule has 0 aliphatic rings. The fourth-order valence-electron chi connectivity index (χ4n) is 0.759. The van der Waals surface area contributed by atoms with E-state index in [9.17, 15) is 9.18 Å². The van der Waals surface area contributed by atoms with Crippen molar-refractivity contribution in [2.24, 2.45) is 0 Å². The zero-order valence-electron chi connectivity index (χ0n) is 6.99. The molecule has 0 amide bonds. The van der Waals surface area contributed by atoms with Crippen LogP contribution in [0.1, 0.15) is 6.92 Å². The van der Waals surface area contributed by atoms with Crippen LogP contribution in [0, 0.1) is 5.82 Å². The normalized spacial score (nSPS) is 12.2. The second kappa shape index (κ2) is 3.84. The van der Waals surface area contributed by atoms with Gasteiger partial charge in [0.15, 0.2) is 11.6 Å². The topological polar surface area (TPSA) is 62.2 Å². The van der Waals surface area contributed by atoms with E-state index in [-0.39, 0.29) is 5.82 Å². The van der Waals surface area contributed by atoms with Crippen molar-refractivity contribution in [1.82, 2.24) is 4.98 Å². The summed E-state index contributed by atoms with van der Waals surface area (Å²) in [5, 5.41) is 10.9. The maximum atomic E-state index is 12.9. The van der Waals surface area contributed by atoms with Crippen LogP contribution in [0.25, 0.3) is 0 Å². The summed E-state index contributed by atoms with van der Waals surface area (Å²) in [5.74, 6) is -1.65. The average Bonchev–Trinajstić information content (AvgIpc) is 2.08. The van der Waals surface area contributed by atoms with Crippen LogP contribution in [-0.4, -0.2) is 22.1 Å². The second-order valence-corrected chi connectivity index (χ2v) is 2.54. The van der Waals surface area contributed by atoms with E-state index < -0.39 is 17.8 Å². The summed E-state index contributed by atoms with van der Waals surface area (Å²) in [6.07, 6.45) is 1.39. The minimum atomic E-state index is -1.05. The SMILES string of the molecule is C[C@H](Nc1ncccc1F)C(=O)O. The molecule has 5 heteroatoms. The molecule has 4 nitrogen and oxygen atoms in total. The minimum Gasteiger partial charge on any atom is -0.480 e. The fourth-order valence-corrected chi connectivity index (χ4v) is 0.759. The Hall–Kier alpha value is -1.65. The molecule has 0 aromatic carbocycles. The molecule has 0 aliphatic heterocycles. The molecule has 0 aliphatic carbocycles. The molecular formula is C8H9FN2O2. The molecule has 0 saturated heterocycles. The van der Waals surface area contributed by atoms with E-state index in [1.54, 1.807) is 0 Å². The number of carboxylic acids is 1. The van der Waals surface area contributed by atoms with Gasteiger partial charge in [0.2, 0.25) is 0 Å². The molecule has 70 valence electrons. The molecule has 2 N–H and O–H groups in total. The molecular weight excluding hydrogens is 175 g/mol. The summed E-state index contributed by atoms with van der Waals surface area (Å²) in [6.45, 7) is 1.41. The molecule has 0 saturated carbocycles. The minimum absolute atomic E-state index is 0.0441. The Labute approximate surface area is 74.4 Å². The fraction of sp³-hybridized carbons (Fsp3) is 0.250. The third kappa shape index (κ3) is 2.40. The molecule has 0 spiro atoms. The van der Waals surface area contributed by atoms with E-state index in [1.807, 2.05) is 0 Å². The van der Waals surface area contributed by atoms with Crippen molar-refractivity contribution in [3.8, 4) is 0 Å². The number of aliphatic carboxylic acids is 1. The smallest absolute Gasteiger partial charge is 0.325 e. The lowest BCUT2D eigenvalue weighted by molar-refractivity contribution is -0.137. The Morgan fingerprint density at radius 1 is 1.77 bits per heavy atom. The molecule has 1 aromatic heterocycles. The van der Waals surface area contributed by atoms with Gasteiger partial charge in [0.05, 0.1) is 0 Å². The summed E-state index contributed by atoms with van der Waals surface area (Å²) in [7, 11) is 0. The second-order valence-electron chi connectivity index (χ2n) is 2.54. The van der Waals surface area contributed by atoms with Crippen molar-refractivity contribution >= 4 is 11.8 Å². The highest BCUT2D eigenvalue weighted by Crippen LogP contribution is 2.09. The van der Waals surface area contributed by atoms with E-state index in [0.29, 0.717) is 0 Å². The number of nitrogens with one attached hydrogen (secondary N) is 1. The summed E-state index contributed by atoms with van der Waals surface area (Å²) >= 11 is 0. The molecule has 0 unspecified atom stereocenters. The van der Waals surface area contributed by atoms with Crippen LogP contribution >= 0.6 is 0 Å². The first-order valence-electron chi connectivity index (χ1n) is 3.71. The number of hydrogen-bond acceptors (Lipinski definition) is 3. The lowest BCUT2D eigenvalue weighted by Crippen LogP contribution is -2.26. The Morgan fingerprint density at radius 2 is 2.46 bits per heavy atom. The average molecular weight is 184 g/mol. The van der Waals surface area contributed by atoms with Crippen LogP contribution in [0.3, 0.4) is 0 Å². The van der Waals surface area contributed by atoms with E-state index >= 15 is 0 Å². The van der Waals surface area contributed by atoms with Crippen LogP contribution in [0.4, 0.5) is 10.2 Å². The number of anilines is 1. The molecule has 0 radical (unpaired) electrons. The number of nitrogens with zero attached hydrogens (tertiary/aromatic N) is 1. The van der Waals surface area contributed by atoms with Gasteiger partial charge in [0.25, 0.3) is 0 Å². The number of pyridine rings is 1. The van der Waals surface area contributed by atoms with Gasteiger partial charge in [-0.15, -0.1) is 0 Å². The van der Waals surface area contributed by atoms with Gasteiger partial charge in [0.1, 0.15) is 6.04 Å². The first kappa shape index (κ1) is 9.44.